The lowest BCUT2D eigenvalue weighted by atomic mass is 9.77. The van der Waals surface area contributed by atoms with Crippen molar-refractivity contribution >= 4 is 17.4 Å². The minimum atomic E-state index is -0.0568. The molecule has 106 valence electrons. The second kappa shape index (κ2) is 6.42. The van der Waals surface area contributed by atoms with Crippen LogP contribution in [0.15, 0.2) is 12.4 Å². The summed E-state index contributed by atoms with van der Waals surface area (Å²) in [5.41, 5.74) is -0.0568. The maximum Gasteiger partial charge on any atom is 0.234 e. The van der Waals surface area contributed by atoms with E-state index < -0.39 is 0 Å². The van der Waals surface area contributed by atoms with E-state index in [2.05, 4.69) is 22.2 Å². The molecule has 1 aromatic rings. The number of rotatable bonds is 5. The molecular formula is C14H22ClN3O. The van der Waals surface area contributed by atoms with Crippen LogP contribution in [-0.2, 0) is 0 Å². The highest BCUT2D eigenvalue weighted by atomic mass is 35.5. The molecular weight excluding hydrogens is 262 g/mol. The Morgan fingerprint density at radius 1 is 1.53 bits per heavy atom. The largest absolute Gasteiger partial charge is 0.477 e. The first kappa shape index (κ1) is 14.4. The van der Waals surface area contributed by atoms with Gasteiger partial charge in [0.1, 0.15) is 5.82 Å². The van der Waals surface area contributed by atoms with Gasteiger partial charge < -0.3 is 10.1 Å². The second-order valence-electron chi connectivity index (χ2n) is 5.42. The van der Waals surface area contributed by atoms with Crippen molar-refractivity contribution in [2.24, 2.45) is 5.92 Å². The number of nitrogens with one attached hydrogen (secondary N) is 1. The molecule has 1 aliphatic carbocycles. The lowest BCUT2D eigenvalue weighted by Gasteiger charge is -2.39. The molecule has 19 heavy (non-hydrogen) atoms. The number of aromatic nitrogens is 2. The van der Waals surface area contributed by atoms with Crippen LogP contribution in [0.25, 0.3) is 0 Å². The van der Waals surface area contributed by atoms with Crippen molar-refractivity contribution in [3.05, 3.63) is 12.4 Å². The summed E-state index contributed by atoms with van der Waals surface area (Å²) in [5, 5.41) is 3.49. The third-order valence-corrected chi connectivity index (χ3v) is 4.16. The minimum absolute atomic E-state index is 0.0568. The molecule has 0 aliphatic heterocycles. The highest BCUT2D eigenvalue weighted by Gasteiger charge is 2.34. The number of alkyl halides is 1. The molecule has 2 atom stereocenters. The summed E-state index contributed by atoms with van der Waals surface area (Å²) in [6.45, 7) is 4.81. The number of hydrogen-bond donors (Lipinski definition) is 1. The molecule has 0 amide bonds. The summed E-state index contributed by atoms with van der Waals surface area (Å²) in [7, 11) is 0. The van der Waals surface area contributed by atoms with E-state index in [0.29, 0.717) is 24.3 Å². The van der Waals surface area contributed by atoms with Gasteiger partial charge in [-0.15, -0.1) is 11.6 Å². The smallest absolute Gasteiger partial charge is 0.234 e. The van der Waals surface area contributed by atoms with Gasteiger partial charge in [0.2, 0.25) is 5.88 Å². The average Bonchev–Trinajstić information content (AvgIpc) is 2.39. The Labute approximate surface area is 119 Å². The van der Waals surface area contributed by atoms with E-state index in [1.54, 1.807) is 12.4 Å². The fourth-order valence-electron chi connectivity index (χ4n) is 2.83. The molecule has 1 aromatic heterocycles. The predicted octanol–water partition coefficient (Wildman–Crippen LogP) is 3.47. The van der Waals surface area contributed by atoms with Crippen molar-refractivity contribution in [1.82, 2.24) is 9.97 Å². The van der Waals surface area contributed by atoms with Gasteiger partial charge in [-0.25, -0.2) is 0 Å². The lowest BCUT2D eigenvalue weighted by Crippen LogP contribution is -2.44. The molecule has 4 nitrogen and oxygen atoms in total. The first-order chi connectivity index (χ1) is 9.17. The molecule has 2 unspecified atom stereocenters. The lowest BCUT2D eigenvalue weighted by molar-refractivity contribution is 0.278. The molecule has 1 fully saturated rings. The molecule has 0 bridgehead atoms. The first-order valence-corrected chi connectivity index (χ1v) is 7.50. The maximum absolute atomic E-state index is 6.21. The van der Waals surface area contributed by atoms with Crippen LogP contribution in [0.1, 0.15) is 39.5 Å². The molecule has 0 aromatic carbocycles. The monoisotopic (exact) mass is 283 g/mol. The van der Waals surface area contributed by atoms with Gasteiger partial charge in [0.25, 0.3) is 0 Å². The van der Waals surface area contributed by atoms with Crippen LogP contribution in [-0.4, -0.2) is 28.0 Å². The number of hydrogen-bond acceptors (Lipinski definition) is 4. The normalized spacial score (nSPS) is 27.0. The van der Waals surface area contributed by atoms with Crippen LogP contribution >= 0.6 is 11.6 Å². The van der Waals surface area contributed by atoms with Crippen molar-refractivity contribution in [1.29, 1.82) is 0 Å². The van der Waals surface area contributed by atoms with Gasteiger partial charge in [-0.3, -0.25) is 4.98 Å². The highest BCUT2D eigenvalue weighted by Crippen LogP contribution is 2.35. The fourth-order valence-corrected chi connectivity index (χ4v) is 3.14. The molecule has 2 rings (SSSR count). The van der Waals surface area contributed by atoms with Gasteiger partial charge in [0.15, 0.2) is 0 Å². The molecule has 1 aliphatic rings. The van der Waals surface area contributed by atoms with Gasteiger partial charge in [-0.1, -0.05) is 19.8 Å². The van der Waals surface area contributed by atoms with Crippen LogP contribution in [0.5, 0.6) is 5.88 Å². The summed E-state index contributed by atoms with van der Waals surface area (Å²) >= 11 is 6.21. The number of anilines is 1. The Kier molecular flexibility index (Phi) is 4.86. The summed E-state index contributed by atoms with van der Waals surface area (Å²) in [6, 6.07) is 0. The van der Waals surface area contributed by atoms with Crippen molar-refractivity contribution in [3.8, 4) is 5.88 Å². The van der Waals surface area contributed by atoms with E-state index >= 15 is 0 Å². The van der Waals surface area contributed by atoms with Crippen LogP contribution < -0.4 is 10.1 Å². The van der Waals surface area contributed by atoms with E-state index in [4.69, 9.17) is 16.3 Å². The SMILES string of the molecule is CCOc1cncc(NC2(CCl)CCCC(C)C2)n1. The van der Waals surface area contributed by atoms with Crippen LogP contribution in [0.2, 0.25) is 0 Å². The van der Waals surface area contributed by atoms with E-state index in [0.717, 1.165) is 18.7 Å². The zero-order valence-electron chi connectivity index (χ0n) is 11.7. The Morgan fingerprint density at radius 2 is 2.37 bits per heavy atom. The molecule has 0 saturated heterocycles. The third kappa shape index (κ3) is 3.72. The Balaban J connectivity index is 2.11. The molecule has 0 spiro atoms. The predicted molar refractivity (Wildman–Crippen MR) is 77.9 cm³/mol. The van der Waals surface area contributed by atoms with Crippen LogP contribution in [0.4, 0.5) is 5.82 Å². The number of nitrogens with zero attached hydrogens (tertiary/aromatic N) is 2. The fraction of sp³-hybridized carbons (Fsp3) is 0.714. The first-order valence-electron chi connectivity index (χ1n) is 6.96. The third-order valence-electron chi connectivity index (χ3n) is 3.65. The van der Waals surface area contributed by atoms with Crippen LogP contribution in [0.3, 0.4) is 0 Å². The minimum Gasteiger partial charge on any atom is -0.477 e. The molecule has 1 saturated carbocycles. The van der Waals surface area contributed by atoms with Crippen molar-refractivity contribution in [2.75, 3.05) is 17.8 Å². The van der Waals surface area contributed by atoms with E-state index in [1.807, 2.05) is 6.92 Å². The standard InChI is InChI=1S/C14H22ClN3O/c1-3-19-13-9-16-8-12(17-13)18-14(10-15)6-4-5-11(2)7-14/h8-9,11H,3-7,10H2,1-2H3,(H,17,18). The summed E-state index contributed by atoms with van der Waals surface area (Å²) in [4.78, 5) is 8.58. The zero-order valence-corrected chi connectivity index (χ0v) is 12.4. The van der Waals surface area contributed by atoms with Gasteiger partial charge in [-0.05, 0) is 25.7 Å². The Bertz CT molecular complexity index is 415. The second-order valence-corrected chi connectivity index (χ2v) is 5.68. The Hall–Kier alpha value is -1.03. The van der Waals surface area contributed by atoms with Crippen molar-refractivity contribution in [3.63, 3.8) is 0 Å². The Morgan fingerprint density at radius 3 is 3.05 bits per heavy atom. The van der Waals surface area contributed by atoms with E-state index in [9.17, 15) is 0 Å². The summed E-state index contributed by atoms with van der Waals surface area (Å²) in [5.74, 6) is 2.60. The van der Waals surface area contributed by atoms with Gasteiger partial charge in [0, 0.05) is 5.88 Å². The highest BCUT2D eigenvalue weighted by molar-refractivity contribution is 6.18. The molecule has 5 heteroatoms. The number of halogens is 1. The quantitative estimate of drug-likeness (QED) is 0.841. The number of ether oxygens (including phenoxy) is 1. The molecule has 0 radical (unpaired) electrons. The van der Waals surface area contributed by atoms with E-state index in [-0.39, 0.29) is 5.54 Å². The topological polar surface area (TPSA) is 47.0 Å². The van der Waals surface area contributed by atoms with Gasteiger partial charge in [-0.2, -0.15) is 4.98 Å². The average molecular weight is 284 g/mol. The maximum atomic E-state index is 6.21. The molecule has 1 N–H and O–H groups in total. The summed E-state index contributed by atoms with van der Waals surface area (Å²) in [6.07, 6.45) is 8.02. The van der Waals surface area contributed by atoms with Crippen molar-refractivity contribution < 1.29 is 4.74 Å². The zero-order chi connectivity index (χ0) is 13.7. The van der Waals surface area contributed by atoms with Crippen molar-refractivity contribution in [2.45, 2.75) is 45.1 Å². The van der Waals surface area contributed by atoms with E-state index in [1.165, 1.54) is 12.8 Å². The van der Waals surface area contributed by atoms with Gasteiger partial charge >= 0.3 is 0 Å². The van der Waals surface area contributed by atoms with Gasteiger partial charge in [0.05, 0.1) is 24.5 Å². The molecule has 1 heterocycles. The summed E-state index contributed by atoms with van der Waals surface area (Å²) < 4.78 is 5.38. The van der Waals surface area contributed by atoms with Crippen LogP contribution in [0, 0.1) is 5.92 Å².